The lowest BCUT2D eigenvalue weighted by Gasteiger charge is -2.06. The number of aromatic nitrogens is 2. The van der Waals surface area contributed by atoms with Gasteiger partial charge < -0.3 is 19.6 Å². The molecule has 0 saturated carbocycles. The van der Waals surface area contributed by atoms with Gasteiger partial charge in [-0.05, 0) is 29.8 Å². The number of ketones is 1. The number of hydrogen-bond acceptors (Lipinski definition) is 5. The molecule has 0 aliphatic rings. The Labute approximate surface area is 142 Å². The van der Waals surface area contributed by atoms with E-state index in [1.165, 1.54) is 19.4 Å². The van der Waals surface area contributed by atoms with Crippen LogP contribution in [0, 0.1) is 0 Å². The van der Waals surface area contributed by atoms with Crippen molar-refractivity contribution in [3.05, 3.63) is 58.5 Å². The minimum atomic E-state index is -1.29. The average molecular weight is 344 g/mol. The van der Waals surface area contributed by atoms with E-state index in [0.29, 0.717) is 27.2 Å². The summed E-state index contributed by atoms with van der Waals surface area (Å²) in [5.41, 5.74) is 1.23. The summed E-state index contributed by atoms with van der Waals surface area (Å²) >= 11 is 5.98. The van der Waals surface area contributed by atoms with Crippen LogP contribution in [-0.2, 0) is 11.2 Å². The number of hydrogen-bond donors (Lipinski definition) is 1. The Balaban J connectivity index is 2.16. The van der Waals surface area contributed by atoms with Crippen LogP contribution < -0.4 is 9.84 Å². The Morgan fingerprint density at radius 1 is 1.29 bits per heavy atom. The van der Waals surface area contributed by atoms with Crippen LogP contribution in [0.2, 0.25) is 5.02 Å². The molecule has 6 nitrogen and oxygen atoms in total. The number of nitrogens with zero attached hydrogens (tertiary/aromatic N) is 1. The highest BCUT2D eigenvalue weighted by Crippen LogP contribution is 2.27. The Bertz CT molecular complexity index is 949. The molecule has 0 radical (unpaired) electrons. The third kappa shape index (κ3) is 2.96. The van der Waals surface area contributed by atoms with Crippen LogP contribution >= 0.6 is 11.6 Å². The quantitative estimate of drug-likeness (QED) is 0.712. The van der Waals surface area contributed by atoms with Crippen molar-refractivity contribution in [3.63, 3.8) is 0 Å². The summed E-state index contributed by atoms with van der Waals surface area (Å²) in [6.07, 6.45) is 1.04. The molecule has 0 bridgehead atoms. The minimum absolute atomic E-state index is 0.145. The highest BCUT2D eigenvalue weighted by molar-refractivity contribution is 6.31. The van der Waals surface area contributed by atoms with Gasteiger partial charge in [-0.25, -0.2) is 0 Å². The number of carbonyl (C=O) groups is 2. The number of aliphatic carboxylic acids is 1. The molecule has 122 valence electrons. The first-order chi connectivity index (χ1) is 11.5. The van der Waals surface area contributed by atoms with Crippen molar-refractivity contribution in [2.24, 2.45) is 0 Å². The molecule has 2 aromatic heterocycles. The van der Waals surface area contributed by atoms with Crippen LogP contribution in [0.3, 0.4) is 0 Å². The molecule has 24 heavy (non-hydrogen) atoms. The predicted octanol–water partition coefficient (Wildman–Crippen LogP) is 1.75. The smallest absolute Gasteiger partial charge is 0.227 e. The summed E-state index contributed by atoms with van der Waals surface area (Å²) < 4.78 is 5.09. The highest BCUT2D eigenvalue weighted by atomic mass is 35.5. The Morgan fingerprint density at radius 3 is 2.79 bits per heavy atom. The SMILES string of the molecule is COc1ccnc(C(=O)c2[nH]c3ccc(Cl)cc3c2CC(=O)[O-])c1. The van der Waals surface area contributed by atoms with E-state index in [1.807, 2.05) is 0 Å². The van der Waals surface area contributed by atoms with E-state index >= 15 is 0 Å². The number of carbonyl (C=O) groups excluding carboxylic acids is 2. The Morgan fingerprint density at radius 2 is 2.08 bits per heavy atom. The van der Waals surface area contributed by atoms with Crippen LogP contribution in [0.15, 0.2) is 36.5 Å². The number of aromatic amines is 1. The van der Waals surface area contributed by atoms with Crippen molar-refractivity contribution in [2.45, 2.75) is 6.42 Å². The fraction of sp³-hybridized carbons (Fsp3) is 0.118. The Hall–Kier alpha value is -2.86. The average Bonchev–Trinajstić information content (AvgIpc) is 2.91. The van der Waals surface area contributed by atoms with E-state index in [9.17, 15) is 14.7 Å². The van der Waals surface area contributed by atoms with Crippen molar-refractivity contribution in [3.8, 4) is 5.75 Å². The third-order valence-corrected chi connectivity index (χ3v) is 3.85. The molecule has 2 heterocycles. The zero-order chi connectivity index (χ0) is 17.3. The molecule has 1 aromatic carbocycles. The molecule has 0 fully saturated rings. The number of carboxylic acids is 1. The highest BCUT2D eigenvalue weighted by Gasteiger charge is 2.21. The molecule has 0 amide bonds. The number of rotatable bonds is 5. The van der Waals surface area contributed by atoms with Crippen molar-refractivity contribution < 1.29 is 19.4 Å². The largest absolute Gasteiger partial charge is 0.550 e. The van der Waals surface area contributed by atoms with E-state index in [2.05, 4.69) is 9.97 Å². The molecule has 0 unspecified atom stereocenters. The summed E-state index contributed by atoms with van der Waals surface area (Å²) in [5.74, 6) is -1.24. The van der Waals surface area contributed by atoms with Crippen molar-refractivity contribution in [1.29, 1.82) is 0 Å². The fourth-order valence-corrected chi connectivity index (χ4v) is 2.70. The van der Waals surface area contributed by atoms with Gasteiger partial charge in [0.1, 0.15) is 11.4 Å². The fourth-order valence-electron chi connectivity index (χ4n) is 2.53. The Kier molecular flexibility index (Phi) is 4.22. The molecule has 3 aromatic rings. The maximum Gasteiger partial charge on any atom is 0.227 e. The predicted molar refractivity (Wildman–Crippen MR) is 86.2 cm³/mol. The number of methoxy groups -OCH3 is 1. The summed E-state index contributed by atoms with van der Waals surface area (Å²) in [7, 11) is 1.48. The second-order valence-electron chi connectivity index (χ2n) is 5.13. The van der Waals surface area contributed by atoms with Gasteiger partial charge in [0.15, 0.2) is 0 Å². The number of halogens is 1. The maximum absolute atomic E-state index is 12.8. The van der Waals surface area contributed by atoms with Gasteiger partial charge in [0.2, 0.25) is 5.78 Å². The lowest BCUT2D eigenvalue weighted by Crippen LogP contribution is -2.25. The van der Waals surface area contributed by atoms with E-state index in [0.717, 1.165) is 0 Å². The summed E-state index contributed by atoms with van der Waals surface area (Å²) in [5, 5.41) is 12.1. The molecule has 3 rings (SSSR count). The van der Waals surface area contributed by atoms with E-state index in [1.54, 1.807) is 24.3 Å². The van der Waals surface area contributed by atoms with Gasteiger partial charge in [0.05, 0.1) is 12.8 Å². The second-order valence-corrected chi connectivity index (χ2v) is 5.56. The molecule has 0 aliphatic heterocycles. The molecule has 0 atom stereocenters. The van der Waals surface area contributed by atoms with Gasteiger partial charge in [0.25, 0.3) is 0 Å². The van der Waals surface area contributed by atoms with Crippen molar-refractivity contribution in [2.75, 3.05) is 7.11 Å². The number of benzene rings is 1. The van der Waals surface area contributed by atoms with Gasteiger partial charge in [-0.3, -0.25) is 9.78 Å². The van der Waals surface area contributed by atoms with E-state index in [4.69, 9.17) is 16.3 Å². The van der Waals surface area contributed by atoms with Crippen LogP contribution in [0.25, 0.3) is 10.9 Å². The number of ether oxygens (including phenoxy) is 1. The zero-order valence-electron chi connectivity index (χ0n) is 12.6. The monoisotopic (exact) mass is 343 g/mol. The number of carboxylic acid groups (broad SMARTS) is 1. The first-order valence-electron chi connectivity index (χ1n) is 7.04. The molecule has 1 N–H and O–H groups in total. The normalized spacial score (nSPS) is 10.8. The third-order valence-electron chi connectivity index (χ3n) is 3.62. The first kappa shape index (κ1) is 16.0. The van der Waals surface area contributed by atoms with Gasteiger partial charge in [-0.2, -0.15) is 0 Å². The van der Waals surface area contributed by atoms with Crippen LogP contribution in [-0.4, -0.2) is 28.8 Å². The van der Waals surface area contributed by atoms with Gasteiger partial charge >= 0.3 is 0 Å². The molecule has 0 aliphatic carbocycles. The van der Waals surface area contributed by atoms with Gasteiger partial charge in [-0.15, -0.1) is 0 Å². The summed E-state index contributed by atoms with van der Waals surface area (Å²) in [6, 6.07) is 8.06. The van der Waals surface area contributed by atoms with Crippen LogP contribution in [0.5, 0.6) is 5.75 Å². The first-order valence-corrected chi connectivity index (χ1v) is 7.42. The van der Waals surface area contributed by atoms with Crippen molar-refractivity contribution >= 4 is 34.3 Å². The second kappa shape index (κ2) is 6.33. The van der Waals surface area contributed by atoms with Crippen LogP contribution in [0.4, 0.5) is 0 Å². The lowest BCUT2D eigenvalue weighted by molar-refractivity contribution is -0.304. The van der Waals surface area contributed by atoms with E-state index < -0.39 is 18.2 Å². The van der Waals surface area contributed by atoms with Crippen LogP contribution in [0.1, 0.15) is 21.7 Å². The van der Waals surface area contributed by atoms with Gasteiger partial charge in [0, 0.05) is 40.6 Å². The zero-order valence-corrected chi connectivity index (χ0v) is 13.4. The van der Waals surface area contributed by atoms with Gasteiger partial charge in [-0.1, -0.05) is 11.6 Å². The number of fused-ring (bicyclic) bond motifs is 1. The minimum Gasteiger partial charge on any atom is -0.550 e. The lowest BCUT2D eigenvalue weighted by atomic mass is 10.0. The molecular formula is C17H12ClN2O4-. The molecular weight excluding hydrogens is 332 g/mol. The summed E-state index contributed by atoms with van der Waals surface area (Å²) in [4.78, 5) is 30.9. The van der Waals surface area contributed by atoms with Crippen molar-refractivity contribution in [1.82, 2.24) is 9.97 Å². The number of nitrogens with one attached hydrogen (secondary N) is 1. The standard InChI is InChI=1S/C17H13ClN2O4/c1-24-10-4-5-19-14(7-10)17(23)16-12(8-15(21)22)11-6-9(18)2-3-13(11)20-16/h2-7,20H,8H2,1H3,(H,21,22)/p-1. The molecule has 7 heteroatoms. The molecule has 0 saturated heterocycles. The molecule has 0 spiro atoms. The van der Waals surface area contributed by atoms with E-state index in [-0.39, 0.29) is 11.4 Å². The summed E-state index contributed by atoms with van der Waals surface area (Å²) in [6.45, 7) is 0. The maximum atomic E-state index is 12.8. The number of pyridine rings is 1. The number of H-pyrrole nitrogens is 1. The topological polar surface area (TPSA) is 95.1 Å².